The molecule has 0 heterocycles. The molecule has 132 valence electrons. The first kappa shape index (κ1) is 20.9. The Morgan fingerprint density at radius 2 is 1.79 bits per heavy atom. The van der Waals surface area contributed by atoms with Crippen molar-refractivity contribution in [2.75, 3.05) is 13.1 Å². The molecule has 0 aromatic heterocycles. The molecule has 2 aromatic carbocycles. The van der Waals surface area contributed by atoms with Crippen LogP contribution in [0.3, 0.4) is 0 Å². The number of sulfonamides is 1. The van der Waals surface area contributed by atoms with Gasteiger partial charge in [-0.1, -0.05) is 41.9 Å². The molecule has 24 heavy (non-hydrogen) atoms. The standard InChI is InChI=1S/C16H18ClFN2O2S.ClH/c17-15-11-14(18)7-8-16(15)23(21,22)20(10-4-9-19)12-13-5-2-1-3-6-13;/h1-3,5-8,11H,4,9-10,12,19H2;1H. The second-order valence-corrected chi connectivity index (χ2v) is 7.35. The maximum atomic E-state index is 13.2. The van der Waals surface area contributed by atoms with Gasteiger partial charge in [0, 0.05) is 13.1 Å². The highest BCUT2D eigenvalue weighted by molar-refractivity contribution is 7.89. The van der Waals surface area contributed by atoms with E-state index in [4.69, 9.17) is 17.3 Å². The maximum Gasteiger partial charge on any atom is 0.244 e. The summed E-state index contributed by atoms with van der Waals surface area (Å²) in [5.41, 5.74) is 6.36. The fraction of sp³-hybridized carbons (Fsp3) is 0.250. The first-order valence-electron chi connectivity index (χ1n) is 7.14. The van der Waals surface area contributed by atoms with E-state index in [-0.39, 0.29) is 35.4 Å². The molecule has 0 fully saturated rings. The predicted molar refractivity (Wildman–Crippen MR) is 96.4 cm³/mol. The summed E-state index contributed by atoms with van der Waals surface area (Å²) < 4.78 is 40.2. The highest BCUT2D eigenvalue weighted by atomic mass is 35.5. The van der Waals surface area contributed by atoms with Crippen LogP contribution in [0.1, 0.15) is 12.0 Å². The lowest BCUT2D eigenvalue weighted by Crippen LogP contribution is -2.32. The molecule has 0 aliphatic rings. The third-order valence-corrected chi connectivity index (χ3v) is 5.65. The number of benzene rings is 2. The van der Waals surface area contributed by atoms with Crippen molar-refractivity contribution < 1.29 is 12.8 Å². The Labute approximate surface area is 152 Å². The van der Waals surface area contributed by atoms with E-state index in [2.05, 4.69) is 0 Å². The third kappa shape index (κ3) is 5.16. The highest BCUT2D eigenvalue weighted by Crippen LogP contribution is 2.26. The van der Waals surface area contributed by atoms with Crippen molar-refractivity contribution in [3.63, 3.8) is 0 Å². The molecule has 0 radical (unpaired) electrons. The van der Waals surface area contributed by atoms with E-state index < -0.39 is 15.8 Å². The molecule has 0 spiro atoms. The molecule has 0 atom stereocenters. The molecule has 4 nitrogen and oxygen atoms in total. The van der Waals surface area contributed by atoms with E-state index in [9.17, 15) is 12.8 Å². The summed E-state index contributed by atoms with van der Waals surface area (Å²) >= 11 is 5.92. The molecule has 2 N–H and O–H groups in total. The average molecular weight is 393 g/mol. The summed E-state index contributed by atoms with van der Waals surface area (Å²) in [7, 11) is -3.84. The fourth-order valence-corrected chi connectivity index (χ4v) is 4.13. The summed E-state index contributed by atoms with van der Waals surface area (Å²) in [6.07, 6.45) is 0.519. The van der Waals surface area contributed by atoms with Crippen LogP contribution >= 0.6 is 24.0 Å². The van der Waals surface area contributed by atoms with Gasteiger partial charge in [-0.3, -0.25) is 0 Å². The normalized spacial score (nSPS) is 11.3. The van der Waals surface area contributed by atoms with Gasteiger partial charge in [-0.15, -0.1) is 12.4 Å². The molecular formula is C16H19Cl2FN2O2S. The minimum atomic E-state index is -3.84. The second-order valence-electron chi connectivity index (χ2n) is 5.04. The monoisotopic (exact) mass is 392 g/mol. The average Bonchev–Trinajstić information content (AvgIpc) is 2.52. The van der Waals surface area contributed by atoms with E-state index in [1.165, 1.54) is 10.4 Å². The fourth-order valence-electron chi connectivity index (χ4n) is 2.16. The summed E-state index contributed by atoms with van der Waals surface area (Å²) in [4.78, 5) is -0.103. The van der Waals surface area contributed by atoms with Crippen LogP contribution in [0.5, 0.6) is 0 Å². The van der Waals surface area contributed by atoms with E-state index in [0.717, 1.165) is 17.7 Å². The molecule has 0 saturated heterocycles. The Morgan fingerprint density at radius 3 is 2.38 bits per heavy atom. The quantitative estimate of drug-likeness (QED) is 0.784. The molecule has 0 unspecified atom stereocenters. The Kier molecular flexibility index (Phi) is 8.12. The lowest BCUT2D eigenvalue weighted by atomic mass is 10.2. The molecular weight excluding hydrogens is 374 g/mol. The van der Waals surface area contributed by atoms with Crippen molar-refractivity contribution in [2.45, 2.75) is 17.9 Å². The van der Waals surface area contributed by atoms with Gasteiger partial charge in [-0.2, -0.15) is 4.31 Å². The molecule has 8 heteroatoms. The summed E-state index contributed by atoms with van der Waals surface area (Å²) in [5.74, 6) is -0.578. The number of nitrogens with two attached hydrogens (primary N) is 1. The lowest BCUT2D eigenvalue weighted by molar-refractivity contribution is 0.401. The summed E-state index contributed by atoms with van der Waals surface area (Å²) in [6.45, 7) is 0.844. The SMILES string of the molecule is Cl.NCCCN(Cc1ccccc1)S(=O)(=O)c1ccc(F)cc1Cl. The Hall–Kier alpha value is -1.18. The second kappa shape index (κ2) is 9.34. The first-order valence-corrected chi connectivity index (χ1v) is 8.96. The van der Waals surface area contributed by atoms with Gasteiger partial charge in [0.05, 0.1) is 5.02 Å². The Bertz CT molecular complexity index is 758. The van der Waals surface area contributed by atoms with Gasteiger partial charge in [0.25, 0.3) is 0 Å². The zero-order valence-electron chi connectivity index (χ0n) is 12.9. The Morgan fingerprint density at radius 1 is 1.12 bits per heavy atom. The number of nitrogens with zero attached hydrogens (tertiary/aromatic N) is 1. The number of rotatable bonds is 7. The zero-order valence-corrected chi connectivity index (χ0v) is 15.2. The van der Waals surface area contributed by atoms with E-state index in [0.29, 0.717) is 13.0 Å². The summed E-state index contributed by atoms with van der Waals surface area (Å²) in [6, 6.07) is 12.5. The van der Waals surface area contributed by atoms with Crippen molar-refractivity contribution in [3.8, 4) is 0 Å². The minimum Gasteiger partial charge on any atom is -0.330 e. The van der Waals surface area contributed by atoms with Crippen LogP contribution in [-0.4, -0.2) is 25.8 Å². The van der Waals surface area contributed by atoms with Gasteiger partial charge in [-0.05, 0) is 36.7 Å². The van der Waals surface area contributed by atoms with Crippen LogP contribution in [0.15, 0.2) is 53.4 Å². The largest absolute Gasteiger partial charge is 0.330 e. The van der Waals surface area contributed by atoms with Crippen LogP contribution in [0.2, 0.25) is 5.02 Å². The van der Waals surface area contributed by atoms with Gasteiger partial charge in [0.1, 0.15) is 10.7 Å². The van der Waals surface area contributed by atoms with Crippen molar-refractivity contribution in [2.24, 2.45) is 5.73 Å². The molecule has 0 bridgehead atoms. The number of hydrogen-bond donors (Lipinski definition) is 1. The number of hydrogen-bond acceptors (Lipinski definition) is 3. The van der Waals surface area contributed by atoms with E-state index in [1.807, 2.05) is 30.3 Å². The predicted octanol–water partition coefficient (Wildman–Crippen LogP) is 3.44. The molecule has 2 rings (SSSR count). The van der Waals surface area contributed by atoms with Crippen molar-refractivity contribution in [1.29, 1.82) is 0 Å². The zero-order chi connectivity index (χ0) is 16.9. The lowest BCUT2D eigenvalue weighted by Gasteiger charge is -2.22. The molecule has 2 aromatic rings. The molecule has 0 aliphatic carbocycles. The third-order valence-electron chi connectivity index (χ3n) is 3.33. The van der Waals surface area contributed by atoms with Crippen LogP contribution in [0, 0.1) is 5.82 Å². The van der Waals surface area contributed by atoms with Crippen LogP contribution in [-0.2, 0) is 16.6 Å². The van der Waals surface area contributed by atoms with Crippen molar-refractivity contribution >= 4 is 34.0 Å². The van der Waals surface area contributed by atoms with Crippen LogP contribution < -0.4 is 5.73 Å². The minimum absolute atomic E-state index is 0. The van der Waals surface area contributed by atoms with Gasteiger partial charge in [0.15, 0.2) is 0 Å². The Balaban J connectivity index is 0.00000288. The maximum absolute atomic E-state index is 13.2. The topological polar surface area (TPSA) is 63.4 Å². The first-order chi connectivity index (χ1) is 10.9. The van der Waals surface area contributed by atoms with Gasteiger partial charge < -0.3 is 5.73 Å². The van der Waals surface area contributed by atoms with E-state index >= 15 is 0 Å². The van der Waals surface area contributed by atoms with Crippen molar-refractivity contribution in [1.82, 2.24) is 4.31 Å². The number of halogens is 3. The summed E-state index contributed by atoms with van der Waals surface area (Å²) in [5, 5.41) is -0.129. The molecule has 0 aliphatic heterocycles. The van der Waals surface area contributed by atoms with Gasteiger partial charge in [0.2, 0.25) is 10.0 Å². The molecule has 0 saturated carbocycles. The van der Waals surface area contributed by atoms with Gasteiger partial charge >= 0.3 is 0 Å². The smallest absolute Gasteiger partial charge is 0.244 e. The van der Waals surface area contributed by atoms with E-state index in [1.54, 1.807) is 0 Å². The molecule has 0 amide bonds. The van der Waals surface area contributed by atoms with Crippen molar-refractivity contribution in [3.05, 3.63) is 64.9 Å². The van der Waals surface area contributed by atoms with Crippen LogP contribution in [0.25, 0.3) is 0 Å². The van der Waals surface area contributed by atoms with Gasteiger partial charge in [-0.25, -0.2) is 12.8 Å². The van der Waals surface area contributed by atoms with Crippen LogP contribution in [0.4, 0.5) is 4.39 Å². The highest BCUT2D eigenvalue weighted by Gasteiger charge is 2.26.